The molecule has 0 saturated carbocycles. The Morgan fingerprint density at radius 3 is 2.84 bits per heavy atom. The highest BCUT2D eigenvalue weighted by atomic mass is 79.9. The third kappa shape index (κ3) is 5.53. The fourth-order valence-corrected chi connectivity index (χ4v) is 4.30. The fraction of sp³-hybridized carbons (Fsp3) is 0.385. The van der Waals surface area contributed by atoms with Crippen molar-refractivity contribution in [2.75, 3.05) is 20.1 Å². The first-order chi connectivity index (χ1) is 9.13. The zero-order chi connectivity index (χ0) is 13.7. The van der Waals surface area contributed by atoms with Crippen LogP contribution in [-0.4, -0.2) is 25.0 Å². The number of nitrogens with zero attached hydrogens (tertiary/aromatic N) is 1. The Balaban J connectivity index is 1.62. The molecule has 2 heterocycles. The van der Waals surface area contributed by atoms with E-state index in [0.717, 1.165) is 30.5 Å². The van der Waals surface area contributed by atoms with E-state index in [9.17, 15) is 0 Å². The van der Waals surface area contributed by atoms with Crippen molar-refractivity contribution in [3.8, 4) is 0 Å². The van der Waals surface area contributed by atoms with Crippen LogP contribution in [0, 0.1) is 0 Å². The average Bonchev–Trinajstić information content (AvgIpc) is 2.94. The molecule has 0 fully saturated rings. The quantitative estimate of drug-likeness (QED) is 0.715. The molecule has 0 saturated heterocycles. The molecular weight excluding hydrogens is 364 g/mol. The Labute approximate surface area is 135 Å². The second-order valence-corrected chi connectivity index (χ2v) is 8.06. The maximum Gasteiger partial charge on any atom is 0.0931 e. The normalized spacial score (nSPS) is 11.4. The predicted molar refractivity (Wildman–Crippen MR) is 89.4 cm³/mol. The molecule has 0 aliphatic rings. The molecule has 0 radical (unpaired) electrons. The highest BCUT2D eigenvalue weighted by Crippen LogP contribution is 2.22. The van der Waals surface area contributed by atoms with Crippen LogP contribution in [0.1, 0.15) is 9.75 Å². The maximum absolute atomic E-state index is 5.93. The van der Waals surface area contributed by atoms with E-state index in [-0.39, 0.29) is 0 Å². The second kappa shape index (κ2) is 7.76. The van der Waals surface area contributed by atoms with Crippen LogP contribution in [0.4, 0.5) is 0 Å². The van der Waals surface area contributed by atoms with E-state index in [4.69, 9.17) is 11.6 Å². The van der Waals surface area contributed by atoms with Crippen molar-refractivity contribution >= 4 is 50.2 Å². The van der Waals surface area contributed by atoms with E-state index in [1.54, 1.807) is 22.7 Å². The monoisotopic (exact) mass is 378 g/mol. The average molecular weight is 380 g/mol. The molecule has 0 bridgehead atoms. The van der Waals surface area contributed by atoms with Crippen LogP contribution in [0.15, 0.2) is 28.1 Å². The summed E-state index contributed by atoms with van der Waals surface area (Å²) >= 11 is 12.8. The molecule has 0 amide bonds. The Morgan fingerprint density at radius 1 is 1.37 bits per heavy atom. The smallest absolute Gasteiger partial charge is 0.0931 e. The van der Waals surface area contributed by atoms with Crippen LogP contribution >= 0.6 is 50.2 Å². The largest absolute Gasteiger partial charge is 0.311 e. The van der Waals surface area contributed by atoms with Crippen molar-refractivity contribution in [3.05, 3.63) is 42.1 Å². The number of thiophene rings is 2. The molecule has 19 heavy (non-hydrogen) atoms. The first-order valence-electron chi connectivity index (χ1n) is 6.00. The molecule has 0 atom stereocenters. The first-order valence-corrected chi connectivity index (χ1v) is 8.86. The molecule has 0 unspecified atom stereocenters. The molecule has 2 aromatic rings. The molecular formula is C13H16BrClN2S2. The number of hydrogen-bond acceptors (Lipinski definition) is 4. The Hall–Kier alpha value is 0.0900. The SMILES string of the molecule is CN(CCNCc1cc(Br)cs1)Cc1ccc(Cl)s1. The van der Waals surface area contributed by atoms with E-state index in [1.165, 1.54) is 14.2 Å². The third-order valence-corrected chi connectivity index (χ3v) is 5.56. The van der Waals surface area contributed by atoms with E-state index in [0.29, 0.717) is 0 Å². The van der Waals surface area contributed by atoms with Gasteiger partial charge in [-0.2, -0.15) is 0 Å². The number of hydrogen-bond donors (Lipinski definition) is 1. The summed E-state index contributed by atoms with van der Waals surface area (Å²) in [6, 6.07) is 6.22. The van der Waals surface area contributed by atoms with Gasteiger partial charge in [0.15, 0.2) is 0 Å². The molecule has 2 rings (SSSR count). The molecule has 6 heteroatoms. The van der Waals surface area contributed by atoms with E-state index < -0.39 is 0 Å². The number of halogens is 2. The molecule has 0 spiro atoms. The van der Waals surface area contributed by atoms with Crippen molar-refractivity contribution in [2.24, 2.45) is 0 Å². The lowest BCUT2D eigenvalue weighted by atomic mass is 10.4. The molecule has 2 aromatic heterocycles. The van der Waals surface area contributed by atoms with Gasteiger partial charge in [0.25, 0.3) is 0 Å². The summed E-state index contributed by atoms with van der Waals surface area (Å²) in [5.41, 5.74) is 0. The van der Waals surface area contributed by atoms with Crippen molar-refractivity contribution in [3.63, 3.8) is 0 Å². The van der Waals surface area contributed by atoms with Crippen molar-refractivity contribution in [1.29, 1.82) is 0 Å². The van der Waals surface area contributed by atoms with E-state index in [2.05, 4.69) is 50.7 Å². The van der Waals surface area contributed by atoms with Crippen LogP contribution in [0.3, 0.4) is 0 Å². The summed E-state index contributed by atoms with van der Waals surface area (Å²) in [4.78, 5) is 4.98. The second-order valence-electron chi connectivity index (χ2n) is 4.35. The van der Waals surface area contributed by atoms with Crippen molar-refractivity contribution in [1.82, 2.24) is 10.2 Å². The number of nitrogens with one attached hydrogen (secondary N) is 1. The van der Waals surface area contributed by atoms with Gasteiger partial charge in [-0.3, -0.25) is 0 Å². The minimum Gasteiger partial charge on any atom is -0.311 e. The third-order valence-electron chi connectivity index (χ3n) is 2.65. The van der Waals surface area contributed by atoms with Crippen LogP contribution in [-0.2, 0) is 13.1 Å². The van der Waals surface area contributed by atoms with Gasteiger partial charge in [0.2, 0.25) is 0 Å². The van der Waals surface area contributed by atoms with Crippen LogP contribution in [0.2, 0.25) is 4.34 Å². The highest BCUT2D eigenvalue weighted by molar-refractivity contribution is 9.10. The van der Waals surface area contributed by atoms with Gasteiger partial charge in [0, 0.05) is 45.8 Å². The summed E-state index contributed by atoms with van der Waals surface area (Å²) in [5, 5.41) is 5.58. The summed E-state index contributed by atoms with van der Waals surface area (Å²) in [7, 11) is 2.14. The molecule has 0 aliphatic heterocycles. The van der Waals surface area contributed by atoms with Gasteiger partial charge in [-0.25, -0.2) is 0 Å². The van der Waals surface area contributed by atoms with Crippen LogP contribution in [0.5, 0.6) is 0 Å². The minimum atomic E-state index is 0.866. The standard InChI is InChI=1S/C13H16BrClN2S2/c1-17(8-11-2-3-13(15)19-11)5-4-16-7-12-6-10(14)9-18-12/h2-3,6,9,16H,4-5,7-8H2,1H3. The van der Waals surface area contributed by atoms with Gasteiger partial charge < -0.3 is 10.2 Å². The lowest BCUT2D eigenvalue weighted by molar-refractivity contribution is 0.327. The number of likely N-dealkylation sites (N-methyl/N-ethyl adjacent to an activating group) is 1. The topological polar surface area (TPSA) is 15.3 Å². The summed E-state index contributed by atoms with van der Waals surface area (Å²) in [5.74, 6) is 0. The van der Waals surface area contributed by atoms with E-state index >= 15 is 0 Å². The van der Waals surface area contributed by atoms with Crippen LogP contribution < -0.4 is 5.32 Å². The lowest BCUT2D eigenvalue weighted by Gasteiger charge is -2.15. The van der Waals surface area contributed by atoms with Gasteiger partial charge in [0.1, 0.15) is 0 Å². The molecule has 0 aromatic carbocycles. The lowest BCUT2D eigenvalue weighted by Crippen LogP contribution is -2.28. The summed E-state index contributed by atoms with van der Waals surface area (Å²) < 4.78 is 2.03. The minimum absolute atomic E-state index is 0.866. The van der Waals surface area contributed by atoms with Gasteiger partial charge in [-0.1, -0.05) is 11.6 Å². The van der Waals surface area contributed by atoms with Crippen molar-refractivity contribution in [2.45, 2.75) is 13.1 Å². The fourth-order valence-electron chi connectivity index (χ4n) is 1.71. The zero-order valence-corrected chi connectivity index (χ0v) is 14.6. The van der Waals surface area contributed by atoms with E-state index in [1.807, 2.05) is 6.07 Å². The molecule has 1 N–H and O–H groups in total. The van der Waals surface area contributed by atoms with Crippen molar-refractivity contribution < 1.29 is 0 Å². The number of rotatable bonds is 7. The van der Waals surface area contributed by atoms with Gasteiger partial charge in [-0.05, 0) is 41.2 Å². The summed E-state index contributed by atoms with van der Waals surface area (Å²) in [6.07, 6.45) is 0. The van der Waals surface area contributed by atoms with Gasteiger partial charge >= 0.3 is 0 Å². The highest BCUT2D eigenvalue weighted by Gasteiger charge is 2.03. The Kier molecular flexibility index (Phi) is 6.32. The first kappa shape index (κ1) is 15.5. The maximum atomic E-state index is 5.93. The van der Waals surface area contributed by atoms with Crippen LogP contribution in [0.25, 0.3) is 0 Å². The predicted octanol–water partition coefficient (Wildman–Crippen LogP) is 4.45. The van der Waals surface area contributed by atoms with Gasteiger partial charge in [0.05, 0.1) is 4.34 Å². The van der Waals surface area contributed by atoms with Gasteiger partial charge in [-0.15, -0.1) is 22.7 Å². The molecule has 0 aliphatic carbocycles. The summed E-state index contributed by atoms with van der Waals surface area (Å²) in [6.45, 7) is 3.92. The molecule has 2 nitrogen and oxygen atoms in total. The molecule has 104 valence electrons. The Bertz CT molecular complexity index is 512. The Morgan fingerprint density at radius 2 is 2.21 bits per heavy atom. The zero-order valence-electron chi connectivity index (χ0n) is 10.7.